The van der Waals surface area contributed by atoms with Gasteiger partial charge < -0.3 is 15.5 Å². The van der Waals surface area contributed by atoms with E-state index >= 15 is 0 Å². The molecule has 1 aliphatic heterocycles. The number of benzene rings is 2. The lowest BCUT2D eigenvalue weighted by Crippen LogP contribution is -2.35. The van der Waals surface area contributed by atoms with Gasteiger partial charge in [0.05, 0.1) is 11.3 Å². The van der Waals surface area contributed by atoms with Gasteiger partial charge in [-0.3, -0.25) is 14.4 Å². The number of carbonyl (C=O) groups excluding carboxylic acids is 3. The van der Waals surface area contributed by atoms with E-state index in [-0.39, 0.29) is 17.7 Å². The quantitative estimate of drug-likeness (QED) is 0.758. The Bertz CT molecular complexity index is 890. The molecule has 1 saturated heterocycles. The molecule has 0 atom stereocenters. The highest BCUT2D eigenvalue weighted by Crippen LogP contribution is 2.22. The van der Waals surface area contributed by atoms with Crippen LogP contribution in [0, 0.1) is 0 Å². The van der Waals surface area contributed by atoms with E-state index in [0.717, 1.165) is 18.5 Å². The van der Waals surface area contributed by atoms with Crippen molar-refractivity contribution < 1.29 is 14.4 Å². The van der Waals surface area contributed by atoms with Crippen molar-refractivity contribution in [2.24, 2.45) is 0 Å². The topological polar surface area (TPSA) is 78.5 Å². The molecular weight excluding hydrogens is 354 g/mol. The number of rotatable bonds is 6. The van der Waals surface area contributed by atoms with E-state index in [9.17, 15) is 14.4 Å². The number of piperidine rings is 1. The van der Waals surface area contributed by atoms with Gasteiger partial charge in [0.2, 0.25) is 5.91 Å². The normalized spacial score (nSPS) is 13.7. The summed E-state index contributed by atoms with van der Waals surface area (Å²) in [7, 11) is 0. The largest absolute Gasteiger partial charge is 0.349 e. The van der Waals surface area contributed by atoms with E-state index in [1.54, 1.807) is 59.5 Å². The summed E-state index contributed by atoms with van der Waals surface area (Å²) < 4.78 is 0. The first-order valence-corrected chi connectivity index (χ1v) is 9.30. The predicted molar refractivity (Wildman–Crippen MR) is 110 cm³/mol. The summed E-state index contributed by atoms with van der Waals surface area (Å²) in [6, 6.07) is 13.8. The van der Waals surface area contributed by atoms with Gasteiger partial charge in [0.25, 0.3) is 11.8 Å². The molecule has 6 nitrogen and oxygen atoms in total. The van der Waals surface area contributed by atoms with Crippen LogP contribution in [0.4, 0.5) is 11.4 Å². The van der Waals surface area contributed by atoms with Gasteiger partial charge in [-0.05, 0) is 49.2 Å². The van der Waals surface area contributed by atoms with Gasteiger partial charge in [-0.1, -0.05) is 18.2 Å². The average Bonchev–Trinajstić information content (AvgIpc) is 2.73. The Kier molecular flexibility index (Phi) is 6.22. The number of nitrogens with zero attached hydrogens (tertiary/aromatic N) is 1. The van der Waals surface area contributed by atoms with Gasteiger partial charge in [0, 0.05) is 30.8 Å². The molecule has 1 aliphatic rings. The van der Waals surface area contributed by atoms with Gasteiger partial charge in [0.1, 0.15) is 0 Å². The summed E-state index contributed by atoms with van der Waals surface area (Å²) in [6.07, 6.45) is 4.06. The molecular formula is C22H23N3O3. The molecule has 0 saturated carbocycles. The number of amides is 3. The Morgan fingerprint density at radius 2 is 1.79 bits per heavy atom. The van der Waals surface area contributed by atoms with Crippen molar-refractivity contribution in [3.8, 4) is 0 Å². The summed E-state index contributed by atoms with van der Waals surface area (Å²) in [6.45, 7) is 4.62. The van der Waals surface area contributed by atoms with Crippen LogP contribution >= 0.6 is 0 Å². The number of hydrogen-bond acceptors (Lipinski definition) is 3. The highest BCUT2D eigenvalue weighted by atomic mass is 16.2. The Morgan fingerprint density at radius 1 is 1.04 bits per heavy atom. The minimum Gasteiger partial charge on any atom is -0.349 e. The van der Waals surface area contributed by atoms with Crippen LogP contribution in [-0.2, 0) is 4.79 Å². The molecule has 0 aliphatic carbocycles. The fourth-order valence-electron chi connectivity index (χ4n) is 3.12. The second-order valence-electron chi connectivity index (χ2n) is 6.55. The standard InChI is InChI=1S/C22H23N3O3/c1-2-14-23-22(28)18-7-3-4-8-19(18)24-21(27)16-10-12-17(13-11-16)25-15-6-5-9-20(25)26/h2-4,7-8,10-13H,1,5-6,9,14-15H2,(H,23,28)(H,24,27). The molecule has 0 bridgehead atoms. The molecule has 1 heterocycles. The monoisotopic (exact) mass is 377 g/mol. The number of para-hydroxylation sites is 1. The zero-order chi connectivity index (χ0) is 19.9. The number of nitrogens with one attached hydrogen (secondary N) is 2. The summed E-state index contributed by atoms with van der Waals surface area (Å²) in [5.74, 6) is -0.488. The zero-order valence-electron chi connectivity index (χ0n) is 15.6. The van der Waals surface area contributed by atoms with E-state index in [1.807, 2.05) is 0 Å². The first-order valence-electron chi connectivity index (χ1n) is 9.30. The molecule has 6 heteroatoms. The van der Waals surface area contributed by atoms with Gasteiger partial charge in [-0.25, -0.2) is 0 Å². The van der Waals surface area contributed by atoms with Crippen LogP contribution in [0.1, 0.15) is 40.0 Å². The molecule has 2 aromatic rings. The maximum Gasteiger partial charge on any atom is 0.255 e. The molecule has 3 amide bonds. The Labute approximate surface area is 164 Å². The fraction of sp³-hybridized carbons (Fsp3) is 0.227. The second kappa shape index (κ2) is 8.99. The molecule has 3 rings (SSSR count). The van der Waals surface area contributed by atoms with Crippen molar-refractivity contribution in [3.63, 3.8) is 0 Å². The highest BCUT2D eigenvalue weighted by molar-refractivity contribution is 6.09. The van der Waals surface area contributed by atoms with Crippen LogP contribution < -0.4 is 15.5 Å². The lowest BCUT2D eigenvalue weighted by molar-refractivity contribution is -0.119. The van der Waals surface area contributed by atoms with Gasteiger partial charge >= 0.3 is 0 Å². The molecule has 28 heavy (non-hydrogen) atoms. The zero-order valence-corrected chi connectivity index (χ0v) is 15.6. The van der Waals surface area contributed by atoms with Gasteiger partial charge in [-0.15, -0.1) is 6.58 Å². The minimum absolute atomic E-state index is 0.114. The van der Waals surface area contributed by atoms with E-state index in [2.05, 4.69) is 17.2 Å². The third-order valence-electron chi connectivity index (χ3n) is 4.59. The van der Waals surface area contributed by atoms with Gasteiger partial charge in [-0.2, -0.15) is 0 Å². The average molecular weight is 377 g/mol. The van der Waals surface area contributed by atoms with Crippen LogP contribution in [-0.4, -0.2) is 30.8 Å². The van der Waals surface area contributed by atoms with Gasteiger partial charge in [0.15, 0.2) is 0 Å². The highest BCUT2D eigenvalue weighted by Gasteiger charge is 2.20. The Morgan fingerprint density at radius 3 is 2.50 bits per heavy atom. The number of carbonyl (C=O) groups is 3. The smallest absolute Gasteiger partial charge is 0.255 e. The van der Waals surface area contributed by atoms with E-state index in [0.29, 0.717) is 36.3 Å². The van der Waals surface area contributed by atoms with Crippen LogP contribution in [0.3, 0.4) is 0 Å². The van der Waals surface area contributed by atoms with Crippen molar-refractivity contribution in [1.29, 1.82) is 0 Å². The molecule has 0 unspecified atom stereocenters. The molecule has 0 aromatic heterocycles. The molecule has 144 valence electrons. The van der Waals surface area contributed by atoms with Crippen LogP contribution in [0.5, 0.6) is 0 Å². The Balaban J connectivity index is 1.72. The number of anilines is 2. The lowest BCUT2D eigenvalue weighted by Gasteiger charge is -2.26. The third-order valence-corrected chi connectivity index (χ3v) is 4.59. The van der Waals surface area contributed by atoms with E-state index < -0.39 is 0 Å². The number of hydrogen-bond donors (Lipinski definition) is 2. The third kappa shape index (κ3) is 4.46. The van der Waals surface area contributed by atoms with Crippen molar-refractivity contribution in [2.45, 2.75) is 19.3 Å². The first kappa shape index (κ1) is 19.4. The van der Waals surface area contributed by atoms with Crippen LogP contribution in [0.15, 0.2) is 61.2 Å². The SMILES string of the molecule is C=CCNC(=O)c1ccccc1NC(=O)c1ccc(N2CCCCC2=O)cc1. The molecule has 0 radical (unpaired) electrons. The lowest BCUT2D eigenvalue weighted by atomic mass is 10.1. The maximum atomic E-state index is 12.6. The summed E-state index contributed by atoms with van der Waals surface area (Å²) in [5, 5.41) is 5.49. The predicted octanol–water partition coefficient (Wildman–Crippen LogP) is 3.37. The van der Waals surface area contributed by atoms with Crippen molar-refractivity contribution in [3.05, 3.63) is 72.3 Å². The first-order chi connectivity index (χ1) is 13.6. The summed E-state index contributed by atoms with van der Waals surface area (Å²) >= 11 is 0. The minimum atomic E-state index is -0.319. The van der Waals surface area contributed by atoms with Crippen molar-refractivity contribution in [1.82, 2.24) is 5.32 Å². The molecule has 1 fully saturated rings. The van der Waals surface area contributed by atoms with Crippen molar-refractivity contribution >= 4 is 29.1 Å². The maximum absolute atomic E-state index is 12.6. The van der Waals surface area contributed by atoms with Crippen LogP contribution in [0.25, 0.3) is 0 Å². The summed E-state index contributed by atoms with van der Waals surface area (Å²) in [5.41, 5.74) is 2.07. The fourth-order valence-corrected chi connectivity index (χ4v) is 3.12. The summed E-state index contributed by atoms with van der Waals surface area (Å²) in [4.78, 5) is 38.6. The molecule has 0 spiro atoms. The molecule has 2 N–H and O–H groups in total. The second-order valence-corrected chi connectivity index (χ2v) is 6.55. The van der Waals surface area contributed by atoms with E-state index in [4.69, 9.17) is 0 Å². The molecule has 2 aromatic carbocycles. The van der Waals surface area contributed by atoms with Crippen LogP contribution in [0.2, 0.25) is 0 Å². The van der Waals surface area contributed by atoms with E-state index in [1.165, 1.54) is 0 Å². The Hall–Kier alpha value is -3.41. The van der Waals surface area contributed by atoms with Crippen molar-refractivity contribution in [2.75, 3.05) is 23.3 Å².